The molecule has 0 amide bonds. The van der Waals surface area contributed by atoms with Crippen molar-refractivity contribution in [3.05, 3.63) is 79.9 Å². The van der Waals surface area contributed by atoms with Crippen LogP contribution in [0.5, 0.6) is 0 Å². The van der Waals surface area contributed by atoms with Crippen LogP contribution in [0, 0.1) is 20.2 Å². The molecule has 9 heteroatoms. The number of nitro benzene ring substituents is 2. The average Bonchev–Trinajstić information content (AvgIpc) is 2.60. The number of nitrogens with one attached hydrogen (secondary N) is 1. The van der Waals surface area contributed by atoms with Gasteiger partial charge in [0.25, 0.3) is 11.4 Å². The number of benzene rings is 2. The predicted molar refractivity (Wildman–Crippen MR) is 104 cm³/mol. The smallest absolute Gasteiger partial charge is 0.258 e. The fourth-order valence-corrected chi connectivity index (χ4v) is 3.30. The molecule has 0 aliphatic carbocycles. The Morgan fingerprint density at radius 2 is 1.70 bits per heavy atom. The highest BCUT2D eigenvalue weighted by Crippen LogP contribution is 2.28. The van der Waals surface area contributed by atoms with Gasteiger partial charge in [-0.3, -0.25) is 20.2 Å². The van der Waals surface area contributed by atoms with Crippen LogP contribution in [0.3, 0.4) is 0 Å². The normalized spacial score (nSPS) is 13.7. The highest BCUT2D eigenvalue weighted by atomic mass is 32.2. The maximum atomic E-state index is 12.6. The summed E-state index contributed by atoms with van der Waals surface area (Å²) < 4.78 is 15.0. The summed E-state index contributed by atoms with van der Waals surface area (Å²) in [6.07, 6.45) is 0.167. The molecule has 2 aromatic rings. The van der Waals surface area contributed by atoms with Crippen molar-refractivity contribution in [1.29, 1.82) is 0 Å². The maximum Gasteiger partial charge on any atom is 0.272 e. The largest absolute Gasteiger partial charge is 0.272 e. The molecule has 0 fully saturated rings. The van der Waals surface area contributed by atoms with E-state index in [-0.39, 0.29) is 17.8 Å². The monoisotopic (exact) mass is 391 g/mol. The van der Waals surface area contributed by atoms with Gasteiger partial charge in [-0.25, -0.2) is 8.93 Å². The minimum Gasteiger partial charge on any atom is -0.258 e. The summed E-state index contributed by atoms with van der Waals surface area (Å²) in [5, 5.41) is 22.4. The fourth-order valence-electron chi connectivity index (χ4n) is 2.47. The molecule has 2 atom stereocenters. The predicted octanol–water partition coefficient (Wildman–Crippen LogP) is 3.84. The molecule has 2 aromatic carbocycles. The van der Waals surface area contributed by atoms with Gasteiger partial charge in [-0.05, 0) is 32.8 Å². The third-order valence-electron chi connectivity index (χ3n) is 3.90. The highest BCUT2D eigenvalue weighted by molar-refractivity contribution is 7.84. The summed E-state index contributed by atoms with van der Waals surface area (Å²) in [5.41, 5.74) is 0.858. The molecule has 1 N–H and O–H groups in total. The van der Waals surface area contributed by atoms with Crippen molar-refractivity contribution < 1.29 is 14.1 Å². The first kappa shape index (κ1) is 20.7. The van der Waals surface area contributed by atoms with E-state index in [2.05, 4.69) is 4.72 Å². The van der Waals surface area contributed by atoms with E-state index >= 15 is 0 Å². The molecule has 2 rings (SSSR count). The molecule has 1 unspecified atom stereocenters. The fraction of sp³-hybridized carbons (Fsp3) is 0.333. The van der Waals surface area contributed by atoms with Crippen LogP contribution in [0.2, 0.25) is 0 Å². The van der Waals surface area contributed by atoms with E-state index in [0.29, 0.717) is 11.1 Å². The lowest BCUT2D eigenvalue weighted by Crippen LogP contribution is -2.36. The second-order valence-corrected chi connectivity index (χ2v) is 8.99. The standard InChI is InChI=1S/C18H21N3O5S/c1-18(2,3)27(26)19-16(13-8-6-9-15(11-13)20(22)23)12-14-7-4-5-10-17(14)21(24)25/h4-11,16,19H,12H2,1-3H3/t16-,27?/m1/s1. The van der Waals surface area contributed by atoms with Gasteiger partial charge in [-0.2, -0.15) is 0 Å². The summed E-state index contributed by atoms with van der Waals surface area (Å²) in [5.74, 6) is 0. The summed E-state index contributed by atoms with van der Waals surface area (Å²) in [6.45, 7) is 5.39. The molecule has 0 saturated carbocycles. The maximum absolute atomic E-state index is 12.6. The topological polar surface area (TPSA) is 115 Å². The molecule has 27 heavy (non-hydrogen) atoms. The van der Waals surface area contributed by atoms with Crippen LogP contribution in [0.1, 0.15) is 37.9 Å². The summed E-state index contributed by atoms with van der Waals surface area (Å²) in [7, 11) is -1.47. The molecule has 144 valence electrons. The lowest BCUT2D eigenvalue weighted by atomic mass is 9.98. The van der Waals surface area contributed by atoms with Gasteiger partial charge in [0, 0.05) is 29.8 Å². The molecule has 0 bridgehead atoms. The quantitative estimate of drug-likeness (QED) is 0.569. The third kappa shape index (κ3) is 5.41. The number of rotatable bonds is 7. The van der Waals surface area contributed by atoms with Crippen molar-refractivity contribution in [2.24, 2.45) is 0 Å². The molecular weight excluding hydrogens is 370 g/mol. The van der Waals surface area contributed by atoms with Gasteiger partial charge in [0.15, 0.2) is 0 Å². The first-order valence-corrected chi connectivity index (χ1v) is 9.39. The Labute approximate surface area is 159 Å². The van der Waals surface area contributed by atoms with E-state index in [0.717, 1.165) is 0 Å². The van der Waals surface area contributed by atoms with Gasteiger partial charge in [-0.1, -0.05) is 30.3 Å². The first-order chi connectivity index (χ1) is 12.6. The van der Waals surface area contributed by atoms with Gasteiger partial charge >= 0.3 is 0 Å². The van der Waals surface area contributed by atoms with Crippen LogP contribution < -0.4 is 4.72 Å². The number of non-ortho nitro benzene ring substituents is 1. The summed E-state index contributed by atoms with van der Waals surface area (Å²) in [6, 6.07) is 11.7. The molecule has 0 radical (unpaired) electrons. The van der Waals surface area contributed by atoms with E-state index in [9.17, 15) is 24.4 Å². The van der Waals surface area contributed by atoms with Crippen LogP contribution >= 0.6 is 0 Å². The molecule has 8 nitrogen and oxygen atoms in total. The Morgan fingerprint density at radius 3 is 2.30 bits per heavy atom. The Kier molecular flexibility index (Phi) is 6.40. The molecule has 0 aliphatic heterocycles. The zero-order valence-electron chi connectivity index (χ0n) is 15.2. The highest BCUT2D eigenvalue weighted by Gasteiger charge is 2.26. The number of para-hydroxylation sites is 1. The van der Waals surface area contributed by atoms with E-state index in [1.165, 1.54) is 18.2 Å². The number of nitro groups is 2. The molecule has 0 heterocycles. The first-order valence-electron chi connectivity index (χ1n) is 8.24. The summed E-state index contributed by atoms with van der Waals surface area (Å²) in [4.78, 5) is 21.4. The van der Waals surface area contributed by atoms with Crippen molar-refractivity contribution in [3.63, 3.8) is 0 Å². The zero-order valence-corrected chi connectivity index (χ0v) is 16.1. The lowest BCUT2D eigenvalue weighted by Gasteiger charge is -2.24. The second kappa shape index (κ2) is 8.36. The van der Waals surface area contributed by atoms with Crippen LogP contribution in [-0.4, -0.2) is 18.8 Å². The SMILES string of the molecule is CC(C)(C)S(=O)N[C@H](Cc1ccccc1[N+](=O)[O-])c1cccc([N+](=O)[O-])c1. The van der Waals surface area contributed by atoms with E-state index in [4.69, 9.17) is 0 Å². The lowest BCUT2D eigenvalue weighted by molar-refractivity contribution is -0.385. The molecule has 0 saturated heterocycles. The van der Waals surface area contributed by atoms with E-state index in [1.807, 2.05) is 0 Å². The van der Waals surface area contributed by atoms with Crippen molar-refractivity contribution in [1.82, 2.24) is 4.72 Å². The average molecular weight is 391 g/mol. The Morgan fingerprint density at radius 1 is 1.04 bits per heavy atom. The third-order valence-corrected chi connectivity index (χ3v) is 5.51. The Bertz CT molecular complexity index is 879. The van der Waals surface area contributed by atoms with Crippen LogP contribution in [0.15, 0.2) is 48.5 Å². The van der Waals surface area contributed by atoms with Gasteiger partial charge in [0.2, 0.25) is 0 Å². The van der Waals surface area contributed by atoms with Crippen molar-refractivity contribution >= 4 is 22.4 Å². The van der Waals surface area contributed by atoms with Gasteiger partial charge in [0.05, 0.1) is 25.6 Å². The van der Waals surface area contributed by atoms with Crippen molar-refractivity contribution in [3.8, 4) is 0 Å². The number of hydrogen-bond donors (Lipinski definition) is 1. The van der Waals surface area contributed by atoms with Gasteiger partial charge in [0.1, 0.15) is 0 Å². The van der Waals surface area contributed by atoms with Crippen LogP contribution in [0.25, 0.3) is 0 Å². The Hall–Kier alpha value is -2.65. The molecule has 0 aliphatic rings. The molecule has 0 spiro atoms. The second-order valence-electron chi connectivity index (χ2n) is 6.99. The van der Waals surface area contributed by atoms with Crippen LogP contribution in [0.4, 0.5) is 11.4 Å². The van der Waals surface area contributed by atoms with E-state index in [1.54, 1.807) is 51.1 Å². The summed E-state index contributed by atoms with van der Waals surface area (Å²) >= 11 is 0. The molecule has 0 aromatic heterocycles. The van der Waals surface area contributed by atoms with Gasteiger partial charge < -0.3 is 0 Å². The number of nitrogens with zero attached hydrogens (tertiary/aromatic N) is 2. The van der Waals surface area contributed by atoms with Crippen LogP contribution in [-0.2, 0) is 17.4 Å². The van der Waals surface area contributed by atoms with Crippen molar-refractivity contribution in [2.45, 2.75) is 38.0 Å². The number of hydrogen-bond acceptors (Lipinski definition) is 5. The van der Waals surface area contributed by atoms with Gasteiger partial charge in [-0.15, -0.1) is 0 Å². The minimum atomic E-state index is -1.47. The minimum absolute atomic E-state index is 0.0451. The molecular formula is C18H21N3O5S. The Balaban J connectivity index is 2.45. The van der Waals surface area contributed by atoms with Crippen molar-refractivity contribution in [2.75, 3.05) is 0 Å². The zero-order chi connectivity index (χ0) is 20.2. The van der Waals surface area contributed by atoms with E-state index < -0.39 is 31.6 Å².